The number of anilines is 2. The zero-order chi connectivity index (χ0) is 14.8. The van der Waals surface area contributed by atoms with Crippen LogP contribution < -0.4 is 10.2 Å². The van der Waals surface area contributed by atoms with Crippen LogP contribution in [-0.4, -0.2) is 18.4 Å². The number of benzene rings is 1. The van der Waals surface area contributed by atoms with E-state index in [4.69, 9.17) is 4.42 Å². The lowest BCUT2D eigenvalue weighted by Gasteiger charge is -2.18. The molecule has 0 saturated heterocycles. The van der Waals surface area contributed by atoms with Crippen molar-refractivity contribution < 1.29 is 14.0 Å². The number of amides is 2. The number of furan rings is 1. The lowest BCUT2D eigenvalue weighted by molar-refractivity contribution is -0.117. The molecule has 2 aromatic rings. The molecule has 1 aliphatic rings. The number of para-hydroxylation sites is 1. The second kappa shape index (κ2) is 5.44. The molecule has 0 radical (unpaired) electrons. The van der Waals surface area contributed by atoms with Crippen molar-refractivity contribution in [2.45, 2.75) is 19.8 Å². The van der Waals surface area contributed by atoms with Gasteiger partial charge in [0.15, 0.2) is 0 Å². The Morgan fingerprint density at radius 3 is 2.86 bits per heavy atom. The molecule has 21 heavy (non-hydrogen) atoms. The first-order valence-electron chi connectivity index (χ1n) is 6.87. The minimum atomic E-state index is -0.159. The first kappa shape index (κ1) is 13.4. The Hall–Kier alpha value is -2.56. The summed E-state index contributed by atoms with van der Waals surface area (Å²) >= 11 is 0. The van der Waals surface area contributed by atoms with Crippen molar-refractivity contribution in [2.75, 3.05) is 16.8 Å². The molecule has 0 aliphatic carbocycles. The SMILES string of the molecule is CC(=O)N1CCc2cccc(NC(=O)Cc3ccco3)c21. The van der Waals surface area contributed by atoms with Crippen molar-refractivity contribution in [3.05, 3.63) is 47.9 Å². The predicted octanol–water partition coefficient (Wildman–Crippen LogP) is 2.37. The van der Waals surface area contributed by atoms with Gasteiger partial charge in [-0.3, -0.25) is 9.59 Å². The predicted molar refractivity (Wildman–Crippen MR) is 79.2 cm³/mol. The minimum absolute atomic E-state index is 0.0125. The summed E-state index contributed by atoms with van der Waals surface area (Å²) in [6.45, 7) is 2.20. The standard InChI is InChI=1S/C16H16N2O3/c1-11(19)18-8-7-12-4-2-6-14(16(12)18)17-15(20)10-13-5-3-9-21-13/h2-6,9H,7-8,10H2,1H3,(H,17,20). The summed E-state index contributed by atoms with van der Waals surface area (Å²) in [5.74, 6) is 0.443. The van der Waals surface area contributed by atoms with Gasteiger partial charge in [0.25, 0.3) is 0 Å². The molecule has 108 valence electrons. The monoisotopic (exact) mass is 284 g/mol. The van der Waals surface area contributed by atoms with Gasteiger partial charge in [0, 0.05) is 13.5 Å². The number of hydrogen-bond donors (Lipinski definition) is 1. The maximum atomic E-state index is 12.1. The molecular formula is C16H16N2O3. The van der Waals surface area contributed by atoms with Gasteiger partial charge in [-0.2, -0.15) is 0 Å². The second-order valence-electron chi connectivity index (χ2n) is 5.04. The Morgan fingerprint density at radius 2 is 2.14 bits per heavy atom. The van der Waals surface area contributed by atoms with Crippen molar-refractivity contribution in [3.63, 3.8) is 0 Å². The fourth-order valence-electron chi connectivity index (χ4n) is 2.64. The largest absolute Gasteiger partial charge is 0.469 e. The van der Waals surface area contributed by atoms with E-state index in [0.717, 1.165) is 17.7 Å². The normalized spacial score (nSPS) is 13.1. The number of nitrogens with zero attached hydrogens (tertiary/aromatic N) is 1. The van der Waals surface area contributed by atoms with E-state index >= 15 is 0 Å². The lowest BCUT2D eigenvalue weighted by Crippen LogP contribution is -2.27. The van der Waals surface area contributed by atoms with Crippen LogP contribution in [0.3, 0.4) is 0 Å². The number of hydrogen-bond acceptors (Lipinski definition) is 3. The van der Waals surface area contributed by atoms with Crippen LogP contribution >= 0.6 is 0 Å². The molecule has 5 heteroatoms. The highest BCUT2D eigenvalue weighted by molar-refractivity contribution is 6.02. The van der Waals surface area contributed by atoms with Gasteiger partial charge in [0.2, 0.25) is 11.8 Å². The maximum Gasteiger partial charge on any atom is 0.232 e. The van der Waals surface area contributed by atoms with Crippen molar-refractivity contribution in [2.24, 2.45) is 0 Å². The van der Waals surface area contributed by atoms with E-state index in [1.165, 1.54) is 6.92 Å². The van der Waals surface area contributed by atoms with E-state index in [-0.39, 0.29) is 18.2 Å². The highest BCUT2D eigenvalue weighted by Gasteiger charge is 2.25. The molecule has 0 spiro atoms. The van der Waals surface area contributed by atoms with Gasteiger partial charge in [-0.1, -0.05) is 12.1 Å². The van der Waals surface area contributed by atoms with Crippen LogP contribution in [-0.2, 0) is 22.4 Å². The van der Waals surface area contributed by atoms with Crippen LogP contribution in [0.5, 0.6) is 0 Å². The van der Waals surface area contributed by atoms with E-state index in [0.29, 0.717) is 18.0 Å². The quantitative estimate of drug-likeness (QED) is 0.941. The first-order chi connectivity index (χ1) is 10.1. The zero-order valence-corrected chi connectivity index (χ0v) is 11.8. The number of carbonyl (C=O) groups is 2. The average Bonchev–Trinajstić information content (AvgIpc) is 3.07. The lowest BCUT2D eigenvalue weighted by atomic mass is 10.1. The molecule has 3 rings (SSSR count). The molecule has 0 saturated carbocycles. The summed E-state index contributed by atoms with van der Waals surface area (Å²) < 4.78 is 5.17. The minimum Gasteiger partial charge on any atom is -0.469 e. The molecule has 0 atom stereocenters. The molecule has 0 unspecified atom stereocenters. The van der Waals surface area contributed by atoms with Crippen molar-refractivity contribution >= 4 is 23.2 Å². The first-order valence-corrected chi connectivity index (χ1v) is 6.87. The van der Waals surface area contributed by atoms with Gasteiger partial charge in [0.1, 0.15) is 5.76 Å². The van der Waals surface area contributed by atoms with Gasteiger partial charge in [-0.25, -0.2) is 0 Å². The maximum absolute atomic E-state index is 12.1. The Morgan fingerprint density at radius 1 is 1.29 bits per heavy atom. The summed E-state index contributed by atoms with van der Waals surface area (Å²) in [5, 5.41) is 2.87. The molecule has 1 N–H and O–H groups in total. The molecule has 1 aliphatic heterocycles. The summed E-state index contributed by atoms with van der Waals surface area (Å²) in [6, 6.07) is 9.21. The van der Waals surface area contributed by atoms with Gasteiger partial charge in [-0.15, -0.1) is 0 Å². The molecular weight excluding hydrogens is 268 g/mol. The highest BCUT2D eigenvalue weighted by Crippen LogP contribution is 2.35. The number of fused-ring (bicyclic) bond motifs is 1. The third-order valence-electron chi connectivity index (χ3n) is 3.56. The number of rotatable bonds is 3. The third-order valence-corrected chi connectivity index (χ3v) is 3.56. The fraction of sp³-hybridized carbons (Fsp3) is 0.250. The molecule has 2 amide bonds. The molecule has 1 aromatic carbocycles. The third kappa shape index (κ3) is 2.67. The van der Waals surface area contributed by atoms with E-state index in [9.17, 15) is 9.59 Å². The smallest absolute Gasteiger partial charge is 0.232 e. The topological polar surface area (TPSA) is 62.6 Å². The number of carbonyl (C=O) groups excluding carboxylic acids is 2. The van der Waals surface area contributed by atoms with E-state index in [1.54, 1.807) is 23.3 Å². The van der Waals surface area contributed by atoms with Crippen LogP contribution in [0.4, 0.5) is 11.4 Å². The molecule has 2 heterocycles. The van der Waals surface area contributed by atoms with Crippen LogP contribution in [0.25, 0.3) is 0 Å². The Kier molecular flexibility index (Phi) is 3.48. The van der Waals surface area contributed by atoms with E-state index in [2.05, 4.69) is 5.32 Å². The van der Waals surface area contributed by atoms with Gasteiger partial charge < -0.3 is 14.6 Å². The summed E-state index contributed by atoms with van der Waals surface area (Å²) in [5.41, 5.74) is 2.58. The molecule has 0 bridgehead atoms. The molecule has 0 fully saturated rings. The van der Waals surface area contributed by atoms with Crippen molar-refractivity contribution in [3.8, 4) is 0 Å². The van der Waals surface area contributed by atoms with Crippen molar-refractivity contribution in [1.29, 1.82) is 0 Å². The van der Waals surface area contributed by atoms with E-state index in [1.807, 2.05) is 18.2 Å². The summed E-state index contributed by atoms with van der Waals surface area (Å²) in [6.07, 6.45) is 2.54. The van der Waals surface area contributed by atoms with Crippen LogP contribution in [0.1, 0.15) is 18.2 Å². The van der Waals surface area contributed by atoms with Gasteiger partial charge in [0.05, 0.1) is 24.1 Å². The molecule has 5 nitrogen and oxygen atoms in total. The summed E-state index contributed by atoms with van der Waals surface area (Å²) in [7, 11) is 0. The molecule has 1 aromatic heterocycles. The van der Waals surface area contributed by atoms with Gasteiger partial charge >= 0.3 is 0 Å². The van der Waals surface area contributed by atoms with Crippen LogP contribution in [0.2, 0.25) is 0 Å². The average molecular weight is 284 g/mol. The van der Waals surface area contributed by atoms with Crippen molar-refractivity contribution in [1.82, 2.24) is 0 Å². The second-order valence-corrected chi connectivity index (χ2v) is 5.04. The van der Waals surface area contributed by atoms with Crippen LogP contribution in [0, 0.1) is 0 Å². The Bertz CT molecular complexity index is 677. The zero-order valence-electron chi connectivity index (χ0n) is 11.8. The van der Waals surface area contributed by atoms with Gasteiger partial charge in [-0.05, 0) is 30.2 Å². The summed E-state index contributed by atoms with van der Waals surface area (Å²) in [4.78, 5) is 25.5. The highest BCUT2D eigenvalue weighted by atomic mass is 16.3. The van der Waals surface area contributed by atoms with E-state index < -0.39 is 0 Å². The Labute approximate surface area is 122 Å². The fourth-order valence-corrected chi connectivity index (χ4v) is 2.64. The van der Waals surface area contributed by atoms with Crippen LogP contribution in [0.15, 0.2) is 41.0 Å². The number of nitrogens with one attached hydrogen (secondary N) is 1. The Balaban J connectivity index is 1.82.